The van der Waals surface area contributed by atoms with Crippen LogP contribution in [0.1, 0.15) is 42.3 Å². The first-order valence-corrected chi connectivity index (χ1v) is 9.60. The van der Waals surface area contributed by atoms with Gasteiger partial charge < -0.3 is 21.1 Å². The van der Waals surface area contributed by atoms with Crippen molar-refractivity contribution in [2.24, 2.45) is 11.5 Å². The number of nitro groups is 1. The van der Waals surface area contributed by atoms with E-state index in [1.807, 2.05) is 18.2 Å². The molecule has 1 aliphatic rings. The number of amides is 1. The van der Waals surface area contributed by atoms with Gasteiger partial charge in [0.1, 0.15) is 5.75 Å². The quantitative estimate of drug-likeness (QED) is 0.546. The Morgan fingerprint density at radius 3 is 2.59 bits per heavy atom. The van der Waals surface area contributed by atoms with Crippen LogP contribution >= 0.6 is 0 Å². The summed E-state index contributed by atoms with van der Waals surface area (Å²) in [6.07, 6.45) is 1.77. The molecule has 0 radical (unpaired) electrons. The predicted octanol–water partition coefficient (Wildman–Crippen LogP) is 2.86. The average Bonchev–Trinajstić information content (AvgIpc) is 2.73. The van der Waals surface area contributed by atoms with Gasteiger partial charge in [0.15, 0.2) is 0 Å². The Morgan fingerprint density at radius 1 is 1.28 bits per heavy atom. The van der Waals surface area contributed by atoms with Crippen molar-refractivity contribution in [2.75, 3.05) is 25.1 Å². The van der Waals surface area contributed by atoms with E-state index in [9.17, 15) is 14.9 Å². The maximum absolute atomic E-state index is 11.3. The Labute approximate surface area is 169 Å². The number of ether oxygens (including phenoxy) is 1. The summed E-state index contributed by atoms with van der Waals surface area (Å²) in [5, 5.41) is 11.2. The Kier molecular flexibility index (Phi) is 6.33. The standard InChI is InChI=1S/C21H26N4O4/c1-29-20-5-3-2-4-16(20)14-8-10-24(11-9-14)19-7-6-15(25(27)28)12-17(19)18(22)13-21(23)26/h2-7,12,14,18H,8-11,13,22H2,1H3,(H2,23,26). The highest BCUT2D eigenvalue weighted by molar-refractivity contribution is 5.75. The lowest BCUT2D eigenvalue weighted by Gasteiger charge is -2.36. The zero-order valence-electron chi connectivity index (χ0n) is 16.4. The van der Waals surface area contributed by atoms with Crippen molar-refractivity contribution in [1.82, 2.24) is 0 Å². The number of hydrogen-bond acceptors (Lipinski definition) is 6. The summed E-state index contributed by atoms with van der Waals surface area (Å²) < 4.78 is 5.50. The number of nitro benzene ring substituents is 1. The van der Waals surface area contributed by atoms with Gasteiger partial charge in [0.25, 0.3) is 5.69 Å². The van der Waals surface area contributed by atoms with Crippen molar-refractivity contribution in [2.45, 2.75) is 31.2 Å². The molecular weight excluding hydrogens is 372 g/mol. The molecule has 3 rings (SSSR count). The molecule has 1 amide bonds. The fourth-order valence-corrected chi connectivity index (χ4v) is 4.00. The number of non-ortho nitro benzene ring substituents is 1. The van der Waals surface area contributed by atoms with Crippen LogP contribution in [0, 0.1) is 10.1 Å². The van der Waals surface area contributed by atoms with Gasteiger partial charge in [-0.15, -0.1) is 0 Å². The molecule has 1 aliphatic heterocycles. The van der Waals surface area contributed by atoms with Crippen LogP contribution < -0.4 is 21.1 Å². The number of rotatable bonds is 7. The fraction of sp³-hybridized carbons (Fsp3) is 0.381. The molecule has 1 fully saturated rings. The minimum atomic E-state index is -0.686. The second-order valence-electron chi connectivity index (χ2n) is 7.28. The second kappa shape index (κ2) is 8.91. The molecule has 8 heteroatoms. The third-order valence-electron chi connectivity index (χ3n) is 5.46. The van der Waals surface area contributed by atoms with E-state index in [0.29, 0.717) is 11.5 Å². The summed E-state index contributed by atoms with van der Waals surface area (Å²) in [5.74, 6) is 0.735. The number of carbonyl (C=O) groups is 1. The molecule has 29 heavy (non-hydrogen) atoms. The van der Waals surface area contributed by atoms with Crippen molar-refractivity contribution in [3.05, 3.63) is 63.7 Å². The minimum Gasteiger partial charge on any atom is -0.496 e. The van der Waals surface area contributed by atoms with Crippen molar-refractivity contribution >= 4 is 17.3 Å². The first kappa shape index (κ1) is 20.6. The first-order chi connectivity index (χ1) is 13.9. The SMILES string of the molecule is COc1ccccc1C1CCN(c2ccc([N+](=O)[O-])cc2C(N)CC(N)=O)CC1. The van der Waals surface area contributed by atoms with Crippen molar-refractivity contribution in [3.8, 4) is 5.75 Å². The Hall–Kier alpha value is -3.13. The molecule has 0 aliphatic carbocycles. The minimum absolute atomic E-state index is 0.0485. The summed E-state index contributed by atoms with van der Waals surface area (Å²) in [6.45, 7) is 1.55. The smallest absolute Gasteiger partial charge is 0.269 e. The van der Waals surface area contributed by atoms with Gasteiger partial charge in [-0.2, -0.15) is 0 Å². The highest BCUT2D eigenvalue weighted by Crippen LogP contribution is 2.38. The van der Waals surface area contributed by atoms with E-state index in [2.05, 4.69) is 11.0 Å². The maximum Gasteiger partial charge on any atom is 0.269 e. The summed E-state index contributed by atoms with van der Waals surface area (Å²) in [5.41, 5.74) is 14.0. The number of methoxy groups -OCH3 is 1. The topological polar surface area (TPSA) is 125 Å². The van der Waals surface area contributed by atoms with Crippen LogP contribution in [-0.4, -0.2) is 31.0 Å². The van der Waals surface area contributed by atoms with Gasteiger partial charge in [0.05, 0.1) is 12.0 Å². The van der Waals surface area contributed by atoms with E-state index in [1.165, 1.54) is 17.7 Å². The molecule has 1 unspecified atom stereocenters. The van der Waals surface area contributed by atoms with Gasteiger partial charge in [0, 0.05) is 43.4 Å². The predicted molar refractivity (Wildman–Crippen MR) is 111 cm³/mol. The van der Waals surface area contributed by atoms with Crippen LogP contribution in [0.4, 0.5) is 11.4 Å². The Morgan fingerprint density at radius 2 is 1.97 bits per heavy atom. The van der Waals surface area contributed by atoms with Gasteiger partial charge in [-0.05, 0) is 42.0 Å². The van der Waals surface area contributed by atoms with Crippen LogP contribution in [0.2, 0.25) is 0 Å². The number of benzene rings is 2. The first-order valence-electron chi connectivity index (χ1n) is 9.60. The largest absolute Gasteiger partial charge is 0.496 e. The highest BCUT2D eigenvalue weighted by atomic mass is 16.6. The summed E-state index contributed by atoms with van der Waals surface area (Å²) in [6, 6.07) is 12.0. The molecular formula is C21H26N4O4. The van der Waals surface area contributed by atoms with Crippen LogP contribution in [0.5, 0.6) is 5.75 Å². The zero-order chi connectivity index (χ0) is 21.0. The Balaban J connectivity index is 1.82. The highest BCUT2D eigenvalue weighted by Gasteiger charge is 2.26. The van der Waals surface area contributed by atoms with E-state index >= 15 is 0 Å². The van der Waals surface area contributed by atoms with Crippen LogP contribution in [0.15, 0.2) is 42.5 Å². The summed E-state index contributed by atoms with van der Waals surface area (Å²) >= 11 is 0. The van der Waals surface area contributed by atoms with Crippen LogP contribution in [0.25, 0.3) is 0 Å². The van der Waals surface area contributed by atoms with Crippen molar-refractivity contribution in [3.63, 3.8) is 0 Å². The average molecular weight is 398 g/mol. The molecule has 1 saturated heterocycles. The van der Waals surface area contributed by atoms with E-state index < -0.39 is 16.9 Å². The van der Waals surface area contributed by atoms with Gasteiger partial charge in [0.2, 0.25) is 5.91 Å². The lowest BCUT2D eigenvalue weighted by molar-refractivity contribution is -0.384. The molecule has 4 N–H and O–H groups in total. The number of carbonyl (C=O) groups excluding carboxylic acids is 1. The second-order valence-corrected chi connectivity index (χ2v) is 7.28. The van der Waals surface area contributed by atoms with Crippen molar-refractivity contribution < 1.29 is 14.5 Å². The van der Waals surface area contributed by atoms with E-state index in [1.54, 1.807) is 13.2 Å². The molecule has 1 atom stereocenters. The summed E-state index contributed by atoms with van der Waals surface area (Å²) in [7, 11) is 1.68. The molecule has 1 heterocycles. The molecule has 2 aromatic carbocycles. The number of para-hydroxylation sites is 1. The molecule has 8 nitrogen and oxygen atoms in total. The molecule has 0 spiro atoms. The van der Waals surface area contributed by atoms with E-state index in [4.69, 9.17) is 16.2 Å². The molecule has 0 saturated carbocycles. The van der Waals surface area contributed by atoms with Crippen molar-refractivity contribution in [1.29, 1.82) is 0 Å². The number of piperidine rings is 1. The van der Waals surface area contributed by atoms with Gasteiger partial charge in [-0.25, -0.2) is 0 Å². The third-order valence-corrected chi connectivity index (χ3v) is 5.46. The Bertz CT molecular complexity index is 894. The third kappa shape index (κ3) is 4.65. The zero-order valence-corrected chi connectivity index (χ0v) is 16.4. The van der Waals surface area contributed by atoms with Crippen LogP contribution in [-0.2, 0) is 4.79 Å². The number of hydrogen-bond donors (Lipinski definition) is 2. The number of nitrogens with zero attached hydrogens (tertiary/aromatic N) is 2. The van der Waals surface area contributed by atoms with Gasteiger partial charge in [-0.3, -0.25) is 14.9 Å². The molecule has 2 aromatic rings. The normalized spacial score (nSPS) is 15.7. The van der Waals surface area contributed by atoms with Gasteiger partial charge in [-0.1, -0.05) is 18.2 Å². The lowest BCUT2D eigenvalue weighted by Crippen LogP contribution is -2.34. The monoisotopic (exact) mass is 398 g/mol. The molecule has 0 aromatic heterocycles. The van der Waals surface area contributed by atoms with Gasteiger partial charge >= 0.3 is 0 Å². The number of anilines is 1. The summed E-state index contributed by atoms with van der Waals surface area (Å²) in [4.78, 5) is 24.2. The van der Waals surface area contributed by atoms with E-state index in [0.717, 1.165) is 37.4 Å². The number of nitrogens with two attached hydrogens (primary N) is 2. The maximum atomic E-state index is 11.3. The molecule has 0 bridgehead atoms. The fourth-order valence-electron chi connectivity index (χ4n) is 4.00. The van der Waals surface area contributed by atoms with Crippen LogP contribution in [0.3, 0.4) is 0 Å². The number of primary amides is 1. The van der Waals surface area contributed by atoms with E-state index in [-0.39, 0.29) is 12.1 Å². The lowest BCUT2D eigenvalue weighted by atomic mass is 9.88. The molecule has 154 valence electrons.